The highest BCUT2D eigenvalue weighted by molar-refractivity contribution is 6.03. The second kappa shape index (κ2) is 7.04. The summed E-state index contributed by atoms with van der Waals surface area (Å²) in [6.07, 6.45) is 1.22. The molecule has 6 heteroatoms. The molecule has 2 amide bonds. The SMILES string of the molecule is O=C1NC[C@H](c2ccccc2)[C@@H]1C(=O)N/N=C/c1ccccc1F. The molecule has 2 atom stereocenters. The summed E-state index contributed by atoms with van der Waals surface area (Å²) in [6.45, 7) is 0.401. The molecule has 2 aromatic rings. The number of nitrogens with zero attached hydrogens (tertiary/aromatic N) is 1. The summed E-state index contributed by atoms with van der Waals surface area (Å²) in [7, 11) is 0. The first-order chi connectivity index (χ1) is 11.7. The Morgan fingerprint density at radius 1 is 1.17 bits per heavy atom. The molecule has 1 aliphatic heterocycles. The molecule has 1 fully saturated rings. The first-order valence-electron chi connectivity index (χ1n) is 7.57. The van der Waals surface area contributed by atoms with Crippen molar-refractivity contribution in [2.45, 2.75) is 5.92 Å². The molecule has 1 aliphatic rings. The van der Waals surface area contributed by atoms with E-state index in [1.165, 1.54) is 12.3 Å². The topological polar surface area (TPSA) is 70.6 Å². The number of halogens is 1. The maximum atomic E-state index is 13.5. The van der Waals surface area contributed by atoms with Crippen molar-refractivity contribution in [1.82, 2.24) is 10.7 Å². The molecule has 1 saturated heterocycles. The largest absolute Gasteiger partial charge is 0.355 e. The van der Waals surface area contributed by atoms with E-state index in [0.717, 1.165) is 5.56 Å². The van der Waals surface area contributed by atoms with Crippen molar-refractivity contribution in [3.05, 3.63) is 71.5 Å². The Balaban J connectivity index is 1.71. The number of carbonyl (C=O) groups is 2. The van der Waals surface area contributed by atoms with Crippen LogP contribution in [0.5, 0.6) is 0 Å². The van der Waals surface area contributed by atoms with Gasteiger partial charge in [-0.05, 0) is 11.6 Å². The smallest absolute Gasteiger partial charge is 0.253 e. The Labute approximate surface area is 138 Å². The summed E-state index contributed by atoms with van der Waals surface area (Å²) < 4.78 is 13.5. The number of nitrogens with one attached hydrogen (secondary N) is 2. The molecule has 0 saturated carbocycles. The number of carbonyl (C=O) groups excluding carboxylic acids is 2. The molecule has 24 heavy (non-hydrogen) atoms. The van der Waals surface area contributed by atoms with E-state index >= 15 is 0 Å². The van der Waals surface area contributed by atoms with E-state index in [9.17, 15) is 14.0 Å². The molecule has 2 N–H and O–H groups in total. The van der Waals surface area contributed by atoms with Crippen LogP contribution in [0.25, 0.3) is 0 Å². The zero-order valence-electron chi connectivity index (χ0n) is 12.8. The van der Waals surface area contributed by atoms with Crippen LogP contribution in [0, 0.1) is 11.7 Å². The summed E-state index contributed by atoms with van der Waals surface area (Å²) in [6, 6.07) is 15.5. The van der Waals surface area contributed by atoms with Crippen molar-refractivity contribution in [3.8, 4) is 0 Å². The van der Waals surface area contributed by atoms with Crippen molar-refractivity contribution >= 4 is 18.0 Å². The lowest BCUT2D eigenvalue weighted by Crippen LogP contribution is -2.34. The lowest BCUT2D eigenvalue weighted by Gasteiger charge is -2.15. The maximum Gasteiger partial charge on any atom is 0.253 e. The van der Waals surface area contributed by atoms with Crippen LogP contribution in [0.2, 0.25) is 0 Å². The summed E-state index contributed by atoms with van der Waals surface area (Å²) in [5.74, 6) is -2.38. The quantitative estimate of drug-likeness (QED) is 0.511. The Morgan fingerprint density at radius 2 is 1.88 bits per heavy atom. The summed E-state index contributed by atoms with van der Waals surface area (Å²) in [5, 5.41) is 6.47. The molecule has 0 radical (unpaired) electrons. The zero-order valence-corrected chi connectivity index (χ0v) is 12.8. The summed E-state index contributed by atoms with van der Waals surface area (Å²) >= 11 is 0. The van der Waals surface area contributed by atoms with Gasteiger partial charge in [-0.25, -0.2) is 9.82 Å². The predicted octanol–water partition coefficient (Wildman–Crippen LogP) is 1.81. The minimum absolute atomic E-state index is 0.248. The highest BCUT2D eigenvalue weighted by Gasteiger charge is 2.40. The van der Waals surface area contributed by atoms with Crippen molar-refractivity contribution in [3.63, 3.8) is 0 Å². The van der Waals surface area contributed by atoms with Gasteiger partial charge in [0.25, 0.3) is 5.91 Å². The number of hydrogen-bond acceptors (Lipinski definition) is 3. The highest BCUT2D eigenvalue weighted by atomic mass is 19.1. The minimum atomic E-state index is -0.856. The van der Waals surface area contributed by atoms with Crippen LogP contribution < -0.4 is 10.7 Å². The van der Waals surface area contributed by atoms with Gasteiger partial charge >= 0.3 is 0 Å². The van der Waals surface area contributed by atoms with E-state index in [2.05, 4.69) is 15.8 Å². The van der Waals surface area contributed by atoms with Gasteiger partial charge in [0.1, 0.15) is 11.7 Å². The molecular formula is C18H16FN3O2. The summed E-state index contributed by atoms with van der Waals surface area (Å²) in [5.41, 5.74) is 3.50. The molecule has 1 heterocycles. The molecular weight excluding hydrogens is 309 g/mol. The molecule has 5 nitrogen and oxygen atoms in total. The molecule has 0 bridgehead atoms. The van der Waals surface area contributed by atoms with Gasteiger partial charge < -0.3 is 5.32 Å². The number of benzene rings is 2. The molecule has 122 valence electrons. The molecule has 0 aromatic heterocycles. The molecule has 0 aliphatic carbocycles. The van der Waals surface area contributed by atoms with E-state index in [4.69, 9.17) is 0 Å². The van der Waals surface area contributed by atoms with Crippen molar-refractivity contribution in [2.75, 3.05) is 6.54 Å². The average molecular weight is 325 g/mol. The molecule has 0 unspecified atom stereocenters. The molecule has 3 rings (SSSR count). The maximum absolute atomic E-state index is 13.5. The van der Waals surface area contributed by atoms with Crippen LogP contribution in [0.3, 0.4) is 0 Å². The zero-order chi connectivity index (χ0) is 16.9. The number of hydrazone groups is 1. The van der Waals surface area contributed by atoms with Crippen LogP contribution in [-0.4, -0.2) is 24.6 Å². The van der Waals surface area contributed by atoms with E-state index in [1.54, 1.807) is 18.2 Å². The predicted molar refractivity (Wildman–Crippen MR) is 87.8 cm³/mol. The Kier molecular flexibility index (Phi) is 4.65. The first-order valence-corrected chi connectivity index (χ1v) is 7.57. The third-order valence-corrected chi connectivity index (χ3v) is 3.97. The van der Waals surface area contributed by atoms with Gasteiger partial charge in [-0.3, -0.25) is 9.59 Å². The number of amides is 2. The first kappa shape index (κ1) is 15.9. The fourth-order valence-electron chi connectivity index (χ4n) is 2.75. The third kappa shape index (κ3) is 3.32. The lowest BCUT2D eigenvalue weighted by molar-refractivity contribution is -0.133. The highest BCUT2D eigenvalue weighted by Crippen LogP contribution is 2.28. The Morgan fingerprint density at radius 3 is 2.62 bits per heavy atom. The normalized spacial score (nSPS) is 20.1. The monoisotopic (exact) mass is 325 g/mol. The fourth-order valence-corrected chi connectivity index (χ4v) is 2.75. The third-order valence-electron chi connectivity index (χ3n) is 3.97. The van der Waals surface area contributed by atoms with Crippen LogP contribution in [0.1, 0.15) is 17.0 Å². The van der Waals surface area contributed by atoms with Gasteiger partial charge in [0, 0.05) is 18.0 Å². The van der Waals surface area contributed by atoms with Crippen molar-refractivity contribution in [2.24, 2.45) is 11.0 Å². The standard InChI is InChI=1S/C18H16FN3O2/c19-15-9-5-4-8-13(15)10-21-22-18(24)16-14(11-20-17(16)23)12-6-2-1-3-7-12/h1-10,14,16H,11H2,(H,20,23)(H,22,24)/b21-10+/t14-,16+/m1/s1. The van der Waals surface area contributed by atoms with Crippen LogP contribution in [0.4, 0.5) is 4.39 Å². The van der Waals surface area contributed by atoms with E-state index in [1.807, 2.05) is 30.3 Å². The van der Waals surface area contributed by atoms with Crippen LogP contribution in [-0.2, 0) is 9.59 Å². The van der Waals surface area contributed by atoms with Gasteiger partial charge in [-0.15, -0.1) is 0 Å². The number of rotatable bonds is 4. The van der Waals surface area contributed by atoms with Crippen molar-refractivity contribution in [1.29, 1.82) is 0 Å². The second-order valence-corrected chi connectivity index (χ2v) is 5.50. The number of hydrogen-bond donors (Lipinski definition) is 2. The second-order valence-electron chi connectivity index (χ2n) is 5.50. The Hall–Kier alpha value is -3.02. The fraction of sp³-hybridized carbons (Fsp3) is 0.167. The van der Waals surface area contributed by atoms with Gasteiger partial charge in [0.15, 0.2) is 0 Å². The average Bonchev–Trinajstić information content (AvgIpc) is 2.99. The summed E-state index contributed by atoms with van der Waals surface area (Å²) in [4.78, 5) is 24.3. The van der Waals surface area contributed by atoms with Gasteiger partial charge in [-0.1, -0.05) is 48.5 Å². The van der Waals surface area contributed by atoms with Crippen LogP contribution >= 0.6 is 0 Å². The van der Waals surface area contributed by atoms with Crippen LogP contribution in [0.15, 0.2) is 59.7 Å². The van der Waals surface area contributed by atoms with Gasteiger partial charge in [-0.2, -0.15) is 5.10 Å². The minimum Gasteiger partial charge on any atom is -0.355 e. The van der Waals surface area contributed by atoms with Gasteiger partial charge in [0.05, 0.1) is 6.21 Å². The van der Waals surface area contributed by atoms with E-state index < -0.39 is 17.6 Å². The molecule has 2 aromatic carbocycles. The molecule has 0 spiro atoms. The lowest BCUT2D eigenvalue weighted by atomic mass is 9.88. The van der Waals surface area contributed by atoms with E-state index in [0.29, 0.717) is 6.54 Å². The Bertz CT molecular complexity index is 777. The van der Waals surface area contributed by atoms with Gasteiger partial charge in [0.2, 0.25) is 5.91 Å². The van der Waals surface area contributed by atoms with Crippen molar-refractivity contribution < 1.29 is 14.0 Å². The van der Waals surface area contributed by atoms with E-state index in [-0.39, 0.29) is 17.4 Å².